The fourth-order valence-electron chi connectivity index (χ4n) is 5.53. The van der Waals surface area contributed by atoms with Gasteiger partial charge in [-0.25, -0.2) is 4.90 Å². The van der Waals surface area contributed by atoms with E-state index in [9.17, 15) is 9.59 Å². The number of carbonyl (C=O) groups excluding carboxylic acids is 2. The van der Waals surface area contributed by atoms with Gasteiger partial charge in [0.05, 0.1) is 16.8 Å². The number of aryl methyl sites for hydroxylation is 1. The second-order valence-corrected chi connectivity index (χ2v) is 9.04. The van der Waals surface area contributed by atoms with Gasteiger partial charge in [-0.3, -0.25) is 9.59 Å². The molecule has 0 bridgehead atoms. The van der Waals surface area contributed by atoms with E-state index >= 15 is 0 Å². The number of aromatic nitrogens is 2. The molecule has 1 aliphatic carbocycles. The molecule has 0 fully saturated rings. The molecule has 6 rings (SSSR count). The molecule has 1 aromatic carbocycles. The van der Waals surface area contributed by atoms with Gasteiger partial charge in [0.15, 0.2) is 0 Å². The Morgan fingerprint density at radius 3 is 2.79 bits per heavy atom. The first-order chi connectivity index (χ1) is 16.1. The van der Waals surface area contributed by atoms with E-state index in [0.29, 0.717) is 11.5 Å². The minimum absolute atomic E-state index is 0. The molecular weight excluding hydrogens is 448 g/mol. The Morgan fingerprint density at radius 2 is 1.97 bits per heavy atom. The normalized spacial score (nSPS) is 18.8. The number of fused-ring (bicyclic) bond motifs is 4. The molecule has 2 aromatic heterocycles. The lowest BCUT2D eigenvalue weighted by molar-refractivity contribution is -0.119. The van der Waals surface area contributed by atoms with Crippen molar-refractivity contribution in [3.05, 3.63) is 71.2 Å². The number of nitrogens with one attached hydrogen (secondary N) is 1. The van der Waals surface area contributed by atoms with E-state index in [-0.39, 0.29) is 24.2 Å². The van der Waals surface area contributed by atoms with Crippen molar-refractivity contribution in [2.24, 2.45) is 13.0 Å². The van der Waals surface area contributed by atoms with Gasteiger partial charge in [0.25, 0.3) is 11.8 Å². The van der Waals surface area contributed by atoms with Crippen molar-refractivity contribution in [3.8, 4) is 0 Å². The van der Waals surface area contributed by atoms with Gasteiger partial charge in [0.1, 0.15) is 0 Å². The molecule has 1 unspecified atom stereocenters. The lowest BCUT2D eigenvalue weighted by Gasteiger charge is -2.22. The van der Waals surface area contributed by atoms with Crippen LogP contribution in [-0.4, -0.2) is 34.5 Å². The van der Waals surface area contributed by atoms with Crippen molar-refractivity contribution in [2.45, 2.75) is 19.3 Å². The number of rotatable bonds is 4. The summed E-state index contributed by atoms with van der Waals surface area (Å²) in [5.41, 5.74) is 6.32. The molecule has 7 heteroatoms. The maximum Gasteiger partial charge on any atom is 0.266 e. The molecule has 0 saturated heterocycles. The summed E-state index contributed by atoms with van der Waals surface area (Å²) in [6, 6.07) is 8.00. The number of amides is 2. The molecule has 2 amide bonds. The topological polar surface area (TPSA) is 59.3 Å². The van der Waals surface area contributed by atoms with E-state index in [1.807, 2.05) is 44.6 Å². The molecule has 34 heavy (non-hydrogen) atoms. The van der Waals surface area contributed by atoms with Crippen LogP contribution in [0.5, 0.6) is 0 Å². The first-order valence-corrected chi connectivity index (χ1v) is 11.5. The third kappa shape index (κ3) is 3.21. The third-order valence-electron chi connectivity index (χ3n) is 7.03. The summed E-state index contributed by atoms with van der Waals surface area (Å²) in [5.74, 6) is -0.213. The van der Waals surface area contributed by atoms with Crippen LogP contribution in [0.4, 0.5) is 5.69 Å². The van der Waals surface area contributed by atoms with Gasteiger partial charge in [-0.15, -0.1) is 12.4 Å². The Hall–Kier alpha value is -3.35. The number of para-hydroxylation sites is 1. The highest BCUT2D eigenvalue weighted by atomic mass is 35.5. The quantitative estimate of drug-likeness (QED) is 0.577. The average Bonchev–Trinajstić information content (AvgIpc) is 3.43. The van der Waals surface area contributed by atoms with E-state index < -0.39 is 0 Å². The van der Waals surface area contributed by atoms with Crippen molar-refractivity contribution < 1.29 is 9.59 Å². The summed E-state index contributed by atoms with van der Waals surface area (Å²) in [4.78, 5) is 28.5. The second kappa shape index (κ2) is 8.46. The summed E-state index contributed by atoms with van der Waals surface area (Å²) in [5, 5.41) is 4.17. The molecule has 3 aromatic rings. The zero-order valence-electron chi connectivity index (χ0n) is 19.2. The van der Waals surface area contributed by atoms with Crippen molar-refractivity contribution in [2.75, 3.05) is 18.5 Å². The molecule has 1 atom stereocenters. The number of halogens is 1. The first-order valence-electron chi connectivity index (χ1n) is 11.5. The highest BCUT2D eigenvalue weighted by Gasteiger charge is 2.39. The smallest absolute Gasteiger partial charge is 0.266 e. The summed E-state index contributed by atoms with van der Waals surface area (Å²) < 4.78 is 4.21. The fraction of sp³-hybridized carbons (Fsp3) is 0.259. The number of benzene rings is 1. The van der Waals surface area contributed by atoms with Gasteiger partial charge in [0, 0.05) is 60.0 Å². The number of hydrogen-bond acceptors (Lipinski definition) is 3. The molecular formula is C27H27ClN4O2. The average molecular weight is 475 g/mol. The summed E-state index contributed by atoms with van der Waals surface area (Å²) in [6.45, 7) is 0.839. The van der Waals surface area contributed by atoms with Crippen molar-refractivity contribution in [1.29, 1.82) is 0 Å². The monoisotopic (exact) mass is 474 g/mol. The zero-order chi connectivity index (χ0) is 22.7. The fourth-order valence-corrected chi connectivity index (χ4v) is 5.53. The number of imide groups is 1. The molecule has 0 saturated carbocycles. The molecule has 6 nitrogen and oxygen atoms in total. The van der Waals surface area contributed by atoms with Crippen LogP contribution in [0.15, 0.2) is 48.7 Å². The lowest BCUT2D eigenvalue weighted by atomic mass is 9.97. The van der Waals surface area contributed by atoms with Crippen LogP contribution in [0.25, 0.3) is 28.8 Å². The third-order valence-corrected chi connectivity index (χ3v) is 7.03. The highest BCUT2D eigenvalue weighted by Crippen LogP contribution is 2.42. The maximum absolute atomic E-state index is 13.8. The van der Waals surface area contributed by atoms with Gasteiger partial charge in [-0.2, -0.15) is 0 Å². The number of anilines is 1. The van der Waals surface area contributed by atoms with Crippen LogP contribution in [-0.2, 0) is 29.5 Å². The van der Waals surface area contributed by atoms with E-state index in [1.54, 1.807) is 0 Å². The Labute approximate surface area is 204 Å². The van der Waals surface area contributed by atoms with Gasteiger partial charge in [-0.1, -0.05) is 36.4 Å². The molecule has 1 N–H and O–H groups in total. The predicted octanol–water partition coefficient (Wildman–Crippen LogP) is 4.18. The van der Waals surface area contributed by atoms with Crippen LogP contribution in [0.3, 0.4) is 0 Å². The van der Waals surface area contributed by atoms with E-state index in [0.717, 1.165) is 59.2 Å². The largest absolute Gasteiger partial charge is 0.353 e. The van der Waals surface area contributed by atoms with Crippen LogP contribution >= 0.6 is 12.4 Å². The standard InChI is InChI=1S/C27H26N4O2.ClH/c1-28-15-17-11-12-30-23-10-6-4-8-19(23)26(24(30)13-17)31-25(32)14-20(27(31)33)21-16-29(2)22-9-5-3-7-18(21)22;/h3-4,6-8,10-12,14,16-17,28H,5,9,13,15H2,1-2H3;1H. The zero-order valence-corrected chi connectivity index (χ0v) is 20.1. The molecule has 3 aliphatic rings. The van der Waals surface area contributed by atoms with Gasteiger partial charge in [0.2, 0.25) is 0 Å². The van der Waals surface area contributed by atoms with E-state index in [2.05, 4.69) is 38.9 Å². The van der Waals surface area contributed by atoms with Crippen molar-refractivity contribution in [1.82, 2.24) is 14.5 Å². The van der Waals surface area contributed by atoms with Gasteiger partial charge in [-0.05, 0) is 38.3 Å². The number of hydrogen-bond donors (Lipinski definition) is 1. The number of allylic oxidation sites excluding steroid dienone is 1. The highest BCUT2D eigenvalue weighted by molar-refractivity contribution is 6.45. The van der Waals surface area contributed by atoms with Crippen molar-refractivity contribution in [3.63, 3.8) is 0 Å². The van der Waals surface area contributed by atoms with E-state index in [4.69, 9.17) is 0 Å². The number of nitrogens with zero attached hydrogens (tertiary/aromatic N) is 3. The summed E-state index contributed by atoms with van der Waals surface area (Å²) >= 11 is 0. The first kappa shape index (κ1) is 22.4. The summed E-state index contributed by atoms with van der Waals surface area (Å²) in [6.07, 6.45) is 14.7. The Kier molecular flexibility index (Phi) is 5.58. The lowest BCUT2D eigenvalue weighted by Crippen LogP contribution is -2.32. The summed E-state index contributed by atoms with van der Waals surface area (Å²) in [7, 11) is 3.95. The Balaban J connectivity index is 0.00000241. The van der Waals surface area contributed by atoms with Gasteiger partial charge >= 0.3 is 0 Å². The Morgan fingerprint density at radius 1 is 1.15 bits per heavy atom. The van der Waals surface area contributed by atoms with Crippen molar-refractivity contribution >= 4 is 58.7 Å². The molecule has 174 valence electrons. The minimum Gasteiger partial charge on any atom is -0.353 e. The minimum atomic E-state index is -0.272. The SMILES string of the molecule is CNCC1C=Cn2c(c(N3C(=O)C=C(c4cn(C)c5c4C=CCC5)C3=O)c3ccccc32)C1.Cl. The van der Waals surface area contributed by atoms with Gasteiger partial charge < -0.3 is 14.5 Å². The number of carbonyl (C=O) groups is 2. The maximum atomic E-state index is 13.8. The molecule has 2 aliphatic heterocycles. The molecule has 4 heterocycles. The molecule has 0 radical (unpaired) electrons. The van der Waals surface area contributed by atoms with Crippen LogP contribution < -0.4 is 10.2 Å². The van der Waals surface area contributed by atoms with E-state index in [1.165, 1.54) is 16.7 Å². The van der Waals surface area contributed by atoms with Crippen LogP contribution in [0, 0.1) is 5.92 Å². The van der Waals surface area contributed by atoms with Crippen LogP contribution in [0.1, 0.15) is 28.9 Å². The van der Waals surface area contributed by atoms with Crippen LogP contribution in [0.2, 0.25) is 0 Å². The molecule has 0 spiro atoms. The predicted molar refractivity (Wildman–Crippen MR) is 139 cm³/mol. The second-order valence-electron chi connectivity index (χ2n) is 9.04. The Bertz CT molecular complexity index is 1420.